The minimum Gasteiger partial charge on any atom is -0.483 e. The predicted molar refractivity (Wildman–Crippen MR) is 101 cm³/mol. The summed E-state index contributed by atoms with van der Waals surface area (Å²) in [6.07, 6.45) is 0. The SMILES string of the molecule is CC(C)[C@H]1c2nc(-c3ccccc3)nn2CCN1C(=O)CNC(N)=O.O=CO. The van der Waals surface area contributed by atoms with Crippen LogP contribution in [0.3, 0.4) is 0 Å². The molecule has 1 aliphatic rings. The monoisotopic (exact) mass is 388 g/mol. The molecule has 3 rings (SSSR count). The van der Waals surface area contributed by atoms with Gasteiger partial charge in [-0.2, -0.15) is 5.10 Å². The summed E-state index contributed by atoms with van der Waals surface area (Å²) in [4.78, 5) is 38.2. The second-order valence-electron chi connectivity index (χ2n) is 6.48. The van der Waals surface area contributed by atoms with Crippen molar-refractivity contribution in [2.24, 2.45) is 11.7 Å². The fourth-order valence-electron chi connectivity index (χ4n) is 3.13. The Morgan fingerprint density at radius 3 is 2.54 bits per heavy atom. The first-order valence-corrected chi connectivity index (χ1v) is 8.79. The fraction of sp³-hybridized carbons (Fsp3) is 0.389. The number of nitrogens with two attached hydrogens (primary N) is 1. The summed E-state index contributed by atoms with van der Waals surface area (Å²) in [5.74, 6) is 1.41. The zero-order chi connectivity index (χ0) is 20.7. The molecule has 0 unspecified atom stereocenters. The van der Waals surface area contributed by atoms with Crippen molar-refractivity contribution < 1.29 is 19.5 Å². The van der Waals surface area contributed by atoms with Crippen LogP contribution in [0, 0.1) is 5.92 Å². The molecule has 10 heteroatoms. The summed E-state index contributed by atoms with van der Waals surface area (Å²) in [6, 6.07) is 8.86. The Labute approximate surface area is 162 Å². The average Bonchev–Trinajstić information content (AvgIpc) is 3.10. The van der Waals surface area contributed by atoms with E-state index < -0.39 is 6.03 Å². The normalized spacial score (nSPS) is 15.2. The Morgan fingerprint density at radius 2 is 1.96 bits per heavy atom. The molecule has 0 spiro atoms. The smallest absolute Gasteiger partial charge is 0.312 e. The number of carboxylic acid groups (broad SMARTS) is 1. The Balaban J connectivity index is 0.000000878. The molecule has 28 heavy (non-hydrogen) atoms. The van der Waals surface area contributed by atoms with Crippen LogP contribution in [0.5, 0.6) is 0 Å². The number of amides is 3. The van der Waals surface area contributed by atoms with Crippen molar-refractivity contribution in [2.45, 2.75) is 26.4 Å². The molecule has 2 aromatic rings. The highest BCUT2D eigenvalue weighted by Crippen LogP contribution is 2.32. The number of aromatic nitrogens is 3. The highest BCUT2D eigenvalue weighted by atomic mass is 16.3. The molecule has 1 aromatic carbocycles. The summed E-state index contributed by atoms with van der Waals surface area (Å²) in [7, 11) is 0. The van der Waals surface area contributed by atoms with Crippen LogP contribution in [-0.2, 0) is 16.1 Å². The van der Waals surface area contributed by atoms with Crippen molar-refractivity contribution in [3.63, 3.8) is 0 Å². The number of urea groups is 1. The molecule has 3 amide bonds. The van der Waals surface area contributed by atoms with Gasteiger partial charge in [-0.05, 0) is 5.92 Å². The number of hydrogen-bond acceptors (Lipinski definition) is 5. The number of nitrogens with zero attached hydrogens (tertiary/aromatic N) is 4. The molecule has 0 bridgehead atoms. The summed E-state index contributed by atoms with van der Waals surface area (Å²) in [5.41, 5.74) is 6.01. The van der Waals surface area contributed by atoms with Crippen LogP contribution in [0.15, 0.2) is 30.3 Å². The first kappa shape index (κ1) is 20.9. The molecule has 2 heterocycles. The van der Waals surface area contributed by atoms with E-state index in [9.17, 15) is 9.59 Å². The van der Waals surface area contributed by atoms with Gasteiger partial charge in [0.15, 0.2) is 11.6 Å². The maximum atomic E-state index is 12.5. The number of primary amides is 1. The number of fused-ring (bicyclic) bond motifs is 1. The minimum absolute atomic E-state index is 0.113. The summed E-state index contributed by atoms with van der Waals surface area (Å²) in [6.45, 7) is 4.81. The van der Waals surface area contributed by atoms with Gasteiger partial charge in [-0.25, -0.2) is 14.5 Å². The van der Waals surface area contributed by atoms with E-state index in [1.165, 1.54) is 0 Å². The van der Waals surface area contributed by atoms with E-state index >= 15 is 0 Å². The van der Waals surface area contributed by atoms with Gasteiger partial charge in [-0.1, -0.05) is 44.2 Å². The molecular weight excluding hydrogens is 364 g/mol. The van der Waals surface area contributed by atoms with Gasteiger partial charge in [-0.15, -0.1) is 0 Å². The molecule has 0 aliphatic carbocycles. The van der Waals surface area contributed by atoms with Crippen molar-refractivity contribution in [1.82, 2.24) is 25.0 Å². The van der Waals surface area contributed by atoms with E-state index in [1.54, 1.807) is 4.90 Å². The van der Waals surface area contributed by atoms with Crippen LogP contribution in [0.2, 0.25) is 0 Å². The Kier molecular flexibility index (Phi) is 7.08. The van der Waals surface area contributed by atoms with Crippen LogP contribution in [0.1, 0.15) is 25.7 Å². The zero-order valence-corrected chi connectivity index (χ0v) is 15.8. The molecule has 0 fully saturated rings. The zero-order valence-electron chi connectivity index (χ0n) is 15.8. The second kappa shape index (κ2) is 9.49. The minimum atomic E-state index is -0.707. The highest BCUT2D eigenvalue weighted by molar-refractivity contribution is 5.83. The first-order chi connectivity index (χ1) is 13.4. The van der Waals surface area contributed by atoms with E-state index in [4.69, 9.17) is 20.6 Å². The number of carbonyl (C=O) groups excluding carboxylic acids is 2. The molecule has 10 nitrogen and oxygen atoms in total. The summed E-state index contributed by atoms with van der Waals surface area (Å²) in [5, 5.41) is 13.9. The molecule has 0 radical (unpaired) electrons. The first-order valence-electron chi connectivity index (χ1n) is 8.79. The number of rotatable bonds is 4. The van der Waals surface area contributed by atoms with Gasteiger partial charge in [0.05, 0.1) is 19.1 Å². The van der Waals surface area contributed by atoms with Crippen molar-refractivity contribution >= 4 is 18.4 Å². The van der Waals surface area contributed by atoms with Crippen molar-refractivity contribution in [1.29, 1.82) is 0 Å². The van der Waals surface area contributed by atoms with Gasteiger partial charge < -0.3 is 21.1 Å². The van der Waals surface area contributed by atoms with Crippen LogP contribution < -0.4 is 11.1 Å². The van der Waals surface area contributed by atoms with Gasteiger partial charge in [0, 0.05) is 12.1 Å². The molecule has 4 N–H and O–H groups in total. The molecule has 1 atom stereocenters. The van der Waals surface area contributed by atoms with Crippen LogP contribution in [-0.4, -0.2) is 56.3 Å². The Hall–Kier alpha value is -3.43. The highest BCUT2D eigenvalue weighted by Gasteiger charge is 2.35. The van der Waals surface area contributed by atoms with Gasteiger partial charge in [0.1, 0.15) is 0 Å². The Bertz CT molecular complexity index is 821. The summed E-state index contributed by atoms with van der Waals surface area (Å²) >= 11 is 0. The largest absolute Gasteiger partial charge is 0.483 e. The second-order valence-corrected chi connectivity index (χ2v) is 6.48. The number of carbonyl (C=O) groups is 3. The van der Waals surface area contributed by atoms with Gasteiger partial charge in [0.2, 0.25) is 5.91 Å². The number of benzene rings is 1. The predicted octanol–water partition coefficient (Wildman–Crippen LogP) is 0.854. The molecule has 1 aromatic heterocycles. The van der Waals surface area contributed by atoms with Gasteiger partial charge in [-0.3, -0.25) is 9.59 Å². The average molecular weight is 388 g/mol. The third kappa shape index (κ3) is 4.84. The van der Waals surface area contributed by atoms with Gasteiger partial charge in [0.25, 0.3) is 6.47 Å². The molecule has 1 aliphatic heterocycles. The fourth-order valence-corrected chi connectivity index (χ4v) is 3.13. The van der Waals surface area contributed by atoms with E-state index in [2.05, 4.69) is 10.4 Å². The van der Waals surface area contributed by atoms with E-state index in [0.717, 1.165) is 11.4 Å². The molecule has 150 valence electrons. The Morgan fingerprint density at radius 1 is 1.32 bits per heavy atom. The third-order valence-corrected chi connectivity index (χ3v) is 4.25. The summed E-state index contributed by atoms with van der Waals surface area (Å²) < 4.78 is 1.87. The quantitative estimate of drug-likeness (QED) is 0.663. The van der Waals surface area contributed by atoms with Crippen molar-refractivity contribution in [3.8, 4) is 11.4 Å². The van der Waals surface area contributed by atoms with Crippen LogP contribution >= 0.6 is 0 Å². The maximum Gasteiger partial charge on any atom is 0.312 e. The van der Waals surface area contributed by atoms with E-state index in [-0.39, 0.29) is 30.9 Å². The lowest BCUT2D eigenvalue weighted by atomic mass is 9.99. The van der Waals surface area contributed by atoms with Gasteiger partial charge >= 0.3 is 6.03 Å². The van der Waals surface area contributed by atoms with Crippen molar-refractivity contribution in [2.75, 3.05) is 13.1 Å². The lowest BCUT2D eigenvalue weighted by molar-refractivity contribution is -0.135. The van der Waals surface area contributed by atoms with Crippen LogP contribution in [0.25, 0.3) is 11.4 Å². The number of hydrogen-bond donors (Lipinski definition) is 3. The molecule has 0 saturated carbocycles. The molecule has 0 saturated heterocycles. The lowest BCUT2D eigenvalue weighted by Crippen LogP contribution is -2.48. The maximum absolute atomic E-state index is 12.5. The standard InChI is InChI=1S/C17H22N6O2.CH2O2/c1-11(2)14-16-20-15(12-6-4-3-5-7-12)21-23(16)9-8-22(14)13(24)10-19-17(18)25;2-1-3/h3-7,11,14H,8-10H2,1-2H3,(H3,18,19,25);1H,(H,2,3)/t14-;/m0./s1. The van der Waals surface area contributed by atoms with E-state index in [0.29, 0.717) is 18.9 Å². The third-order valence-electron chi connectivity index (χ3n) is 4.25. The van der Waals surface area contributed by atoms with Crippen LogP contribution in [0.4, 0.5) is 4.79 Å². The van der Waals surface area contributed by atoms with Crippen molar-refractivity contribution in [3.05, 3.63) is 36.2 Å². The lowest BCUT2D eigenvalue weighted by Gasteiger charge is -2.37. The van der Waals surface area contributed by atoms with E-state index in [1.807, 2.05) is 48.9 Å². The number of nitrogens with one attached hydrogen (secondary N) is 1. The molecular formula is C18H24N6O4. The topological polar surface area (TPSA) is 143 Å².